The SMILES string of the molecule is CC(C)(C)OC(=O)N1CC[C@H](Oc2nccc(Cl)n2)C1. The first kappa shape index (κ1) is 14.8. The first-order valence-corrected chi connectivity index (χ1v) is 6.84. The number of ether oxygens (including phenoxy) is 2. The Kier molecular flexibility index (Phi) is 4.32. The summed E-state index contributed by atoms with van der Waals surface area (Å²) in [6, 6.07) is 1.81. The molecule has 0 N–H and O–H groups in total. The molecule has 0 bridgehead atoms. The van der Waals surface area contributed by atoms with E-state index in [4.69, 9.17) is 21.1 Å². The highest BCUT2D eigenvalue weighted by Crippen LogP contribution is 2.18. The van der Waals surface area contributed by atoms with E-state index in [2.05, 4.69) is 9.97 Å². The van der Waals surface area contributed by atoms with Crippen LogP contribution in [0, 0.1) is 0 Å². The second-order valence-electron chi connectivity index (χ2n) is 5.62. The van der Waals surface area contributed by atoms with Crippen LogP contribution in [0.15, 0.2) is 12.3 Å². The first-order chi connectivity index (χ1) is 9.33. The quantitative estimate of drug-likeness (QED) is 0.785. The summed E-state index contributed by atoms with van der Waals surface area (Å²) in [6.07, 6.45) is 1.79. The normalized spacial score (nSPS) is 19.0. The Hall–Kier alpha value is -1.56. The average molecular weight is 300 g/mol. The van der Waals surface area contributed by atoms with E-state index in [1.807, 2.05) is 20.8 Å². The van der Waals surface area contributed by atoms with Crippen LogP contribution in [0.2, 0.25) is 5.15 Å². The Bertz CT molecular complexity index is 490. The largest absolute Gasteiger partial charge is 0.458 e. The van der Waals surface area contributed by atoms with Crippen molar-refractivity contribution < 1.29 is 14.3 Å². The van der Waals surface area contributed by atoms with Crippen LogP contribution in [-0.2, 0) is 4.74 Å². The molecular weight excluding hydrogens is 282 g/mol. The molecule has 2 rings (SSSR count). The third-order valence-corrected chi connectivity index (χ3v) is 2.88. The lowest BCUT2D eigenvalue weighted by Gasteiger charge is -2.24. The smallest absolute Gasteiger partial charge is 0.410 e. The van der Waals surface area contributed by atoms with Crippen molar-refractivity contribution in [3.8, 4) is 6.01 Å². The van der Waals surface area contributed by atoms with Gasteiger partial charge in [0.25, 0.3) is 0 Å². The van der Waals surface area contributed by atoms with Crippen molar-refractivity contribution in [1.82, 2.24) is 14.9 Å². The number of carbonyl (C=O) groups excluding carboxylic acids is 1. The van der Waals surface area contributed by atoms with Crippen LogP contribution in [0.3, 0.4) is 0 Å². The highest BCUT2D eigenvalue weighted by molar-refractivity contribution is 6.29. The van der Waals surface area contributed by atoms with E-state index < -0.39 is 5.60 Å². The third kappa shape index (κ3) is 4.23. The summed E-state index contributed by atoms with van der Waals surface area (Å²) >= 11 is 5.77. The van der Waals surface area contributed by atoms with Gasteiger partial charge in [-0.15, -0.1) is 0 Å². The van der Waals surface area contributed by atoms with Gasteiger partial charge in [0.2, 0.25) is 0 Å². The van der Waals surface area contributed by atoms with Crippen LogP contribution < -0.4 is 4.74 Å². The van der Waals surface area contributed by atoms with Crippen molar-refractivity contribution in [2.24, 2.45) is 0 Å². The maximum Gasteiger partial charge on any atom is 0.410 e. The van der Waals surface area contributed by atoms with E-state index in [0.717, 1.165) is 6.42 Å². The number of aromatic nitrogens is 2. The molecule has 7 heteroatoms. The number of hydrogen-bond donors (Lipinski definition) is 0. The predicted octanol–water partition coefficient (Wildman–Crippen LogP) is 2.52. The van der Waals surface area contributed by atoms with E-state index in [1.165, 1.54) is 6.20 Å². The zero-order valence-electron chi connectivity index (χ0n) is 11.8. The molecule has 0 radical (unpaired) electrons. The second kappa shape index (κ2) is 5.83. The van der Waals surface area contributed by atoms with Crippen molar-refractivity contribution in [1.29, 1.82) is 0 Å². The Balaban J connectivity index is 1.88. The molecule has 1 aliphatic heterocycles. The lowest BCUT2D eigenvalue weighted by molar-refractivity contribution is 0.0274. The average Bonchev–Trinajstić information content (AvgIpc) is 2.75. The monoisotopic (exact) mass is 299 g/mol. The summed E-state index contributed by atoms with van der Waals surface area (Å²) in [5.41, 5.74) is -0.494. The molecule has 110 valence electrons. The van der Waals surface area contributed by atoms with Crippen molar-refractivity contribution in [3.63, 3.8) is 0 Å². The lowest BCUT2D eigenvalue weighted by atomic mass is 10.2. The maximum absolute atomic E-state index is 11.9. The fourth-order valence-corrected chi connectivity index (χ4v) is 1.97. The van der Waals surface area contributed by atoms with Crippen molar-refractivity contribution in [3.05, 3.63) is 17.4 Å². The van der Waals surface area contributed by atoms with Gasteiger partial charge >= 0.3 is 12.1 Å². The number of rotatable bonds is 2. The van der Waals surface area contributed by atoms with E-state index in [-0.39, 0.29) is 18.2 Å². The highest BCUT2D eigenvalue weighted by Gasteiger charge is 2.31. The number of carbonyl (C=O) groups is 1. The molecular formula is C13H18ClN3O3. The fourth-order valence-electron chi connectivity index (χ4n) is 1.84. The van der Waals surface area contributed by atoms with Crippen LogP contribution in [0.25, 0.3) is 0 Å². The topological polar surface area (TPSA) is 64.5 Å². The number of halogens is 1. The molecule has 1 fully saturated rings. The highest BCUT2D eigenvalue weighted by atomic mass is 35.5. The van der Waals surface area contributed by atoms with Crippen LogP contribution in [0.5, 0.6) is 6.01 Å². The first-order valence-electron chi connectivity index (χ1n) is 6.46. The zero-order valence-corrected chi connectivity index (χ0v) is 12.6. The Morgan fingerprint density at radius 1 is 1.50 bits per heavy atom. The molecule has 0 aliphatic carbocycles. The second-order valence-corrected chi connectivity index (χ2v) is 6.00. The number of hydrogen-bond acceptors (Lipinski definition) is 5. The van der Waals surface area contributed by atoms with Gasteiger partial charge in [-0.25, -0.2) is 9.78 Å². The summed E-state index contributed by atoms with van der Waals surface area (Å²) in [4.78, 5) is 21.5. The van der Waals surface area contributed by atoms with Crippen LogP contribution in [0.4, 0.5) is 4.79 Å². The molecule has 20 heavy (non-hydrogen) atoms. The van der Waals surface area contributed by atoms with Crippen molar-refractivity contribution in [2.45, 2.75) is 38.9 Å². The maximum atomic E-state index is 11.9. The Morgan fingerprint density at radius 2 is 2.25 bits per heavy atom. The summed E-state index contributed by atoms with van der Waals surface area (Å²) in [5.74, 6) is 0. The summed E-state index contributed by atoms with van der Waals surface area (Å²) < 4.78 is 10.9. The molecule has 1 aliphatic rings. The minimum absolute atomic E-state index is 0.138. The van der Waals surface area contributed by atoms with Crippen LogP contribution in [-0.4, -0.2) is 45.8 Å². The molecule has 6 nitrogen and oxygen atoms in total. The van der Waals surface area contributed by atoms with Crippen molar-refractivity contribution >= 4 is 17.7 Å². The molecule has 0 saturated carbocycles. The van der Waals surface area contributed by atoms with Gasteiger partial charge in [0, 0.05) is 19.2 Å². The summed E-state index contributed by atoms with van der Waals surface area (Å²) in [5, 5.41) is 0.331. The van der Waals surface area contributed by atoms with E-state index in [0.29, 0.717) is 18.2 Å². The van der Waals surface area contributed by atoms with Gasteiger partial charge < -0.3 is 14.4 Å². The Labute approximate surface area is 123 Å². The molecule has 0 unspecified atom stereocenters. The molecule has 1 aromatic rings. The molecule has 0 aromatic carbocycles. The molecule has 1 aromatic heterocycles. The predicted molar refractivity (Wildman–Crippen MR) is 73.9 cm³/mol. The minimum Gasteiger partial charge on any atom is -0.458 e. The van der Waals surface area contributed by atoms with Gasteiger partial charge in [-0.3, -0.25) is 0 Å². The van der Waals surface area contributed by atoms with Gasteiger partial charge in [-0.2, -0.15) is 4.98 Å². The zero-order chi connectivity index (χ0) is 14.8. The third-order valence-electron chi connectivity index (χ3n) is 2.67. The number of nitrogens with zero attached hydrogens (tertiary/aromatic N) is 3. The molecule has 1 saturated heterocycles. The van der Waals surface area contributed by atoms with Gasteiger partial charge in [0.1, 0.15) is 16.9 Å². The van der Waals surface area contributed by atoms with E-state index in [1.54, 1.807) is 11.0 Å². The van der Waals surface area contributed by atoms with Gasteiger partial charge in [0.15, 0.2) is 0 Å². The molecule has 1 atom stereocenters. The van der Waals surface area contributed by atoms with E-state index >= 15 is 0 Å². The van der Waals surface area contributed by atoms with Crippen LogP contribution >= 0.6 is 11.6 Å². The molecule has 0 spiro atoms. The standard InChI is InChI=1S/C13H18ClN3O3/c1-13(2,3)20-12(18)17-7-5-9(8-17)19-11-15-6-4-10(14)16-11/h4,6,9H,5,7-8H2,1-3H3/t9-/m0/s1. The van der Waals surface area contributed by atoms with Crippen LogP contribution in [0.1, 0.15) is 27.2 Å². The number of amides is 1. The number of likely N-dealkylation sites (tertiary alicyclic amines) is 1. The van der Waals surface area contributed by atoms with Gasteiger partial charge in [-0.05, 0) is 26.8 Å². The Morgan fingerprint density at radius 3 is 2.90 bits per heavy atom. The van der Waals surface area contributed by atoms with Gasteiger partial charge in [0.05, 0.1) is 6.54 Å². The summed E-state index contributed by atoms with van der Waals surface area (Å²) in [7, 11) is 0. The minimum atomic E-state index is -0.494. The fraction of sp³-hybridized carbons (Fsp3) is 0.615. The lowest BCUT2D eigenvalue weighted by Crippen LogP contribution is -2.36. The van der Waals surface area contributed by atoms with E-state index in [9.17, 15) is 4.79 Å². The van der Waals surface area contributed by atoms with Crippen molar-refractivity contribution in [2.75, 3.05) is 13.1 Å². The molecule has 1 amide bonds. The summed E-state index contributed by atoms with van der Waals surface area (Å²) in [6.45, 7) is 6.59. The van der Waals surface area contributed by atoms with Gasteiger partial charge in [-0.1, -0.05) is 11.6 Å². The molecule has 2 heterocycles.